The normalized spacial score (nSPS) is 25.6. The van der Waals surface area contributed by atoms with Crippen molar-refractivity contribution in [2.45, 2.75) is 52.4 Å². The lowest BCUT2D eigenvalue weighted by Gasteiger charge is -2.38. The number of likely N-dealkylation sites (N-methyl/N-ethyl adjacent to an activating group) is 1. The molecule has 2 unspecified atom stereocenters. The number of hydrogen-bond acceptors (Lipinski definition) is 5. The van der Waals surface area contributed by atoms with Gasteiger partial charge < -0.3 is 9.80 Å². The molecule has 2 heterocycles. The number of fused-ring (bicyclic) bond motifs is 1. The van der Waals surface area contributed by atoms with Crippen LogP contribution in [0.2, 0.25) is 0 Å². The summed E-state index contributed by atoms with van der Waals surface area (Å²) in [5, 5.41) is 3.28. The highest BCUT2D eigenvalue weighted by molar-refractivity contribution is 8.13. The van der Waals surface area contributed by atoms with Crippen LogP contribution in [0.4, 0.5) is 4.79 Å². The summed E-state index contributed by atoms with van der Waals surface area (Å²) in [5.41, 5.74) is 0. The fourth-order valence-corrected chi connectivity index (χ4v) is 3.93. The Labute approximate surface area is 130 Å². The number of hydrogen-bond donors (Lipinski definition) is 1. The molecule has 3 amide bonds. The average Bonchev–Trinajstić information content (AvgIpc) is 2.76. The van der Waals surface area contributed by atoms with Gasteiger partial charge in [-0.15, -0.1) is 0 Å². The molecule has 2 rings (SSSR count). The van der Waals surface area contributed by atoms with Crippen molar-refractivity contribution in [3.8, 4) is 0 Å². The molecule has 0 aromatic heterocycles. The first-order valence-corrected chi connectivity index (χ1v) is 8.38. The van der Waals surface area contributed by atoms with Gasteiger partial charge in [-0.1, -0.05) is 25.6 Å². The van der Waals surface area contributed by atoms with Crippen LogP contribution in [0.3, 0.4) is 0 Å². The van der Waals surface area contributed by atoms with Crippen LogP contribution >= 0.6 is 11.8 Å². The quantitative estimate of drug-likeness (QED) is 0.858. The van der Waals surface area contributed by atoms with Crippen LogP contribution in [0.5, 0.6) is 0 Å². The standard InChI is InChI=1S/C14H24N4O2S/c1-8(2)6-7-21-14-15-11-10(18(14)9(3)4)12(19)16-13(20)17(11)5/h8-11H,6-7H2,1-5H3,(H,16,19,20). The molecule has 1 N–H and O–H groups in total. The monoisotopic (exact) mass is 312 g/mol. The molecule has 2 atom stereocenters. The van der Waals surface area contributed by atoms with Crippen LogP contribution in [0.25, 0.3) is 0 Å². The lowest BCUT2D eigenvalue weighted by Crippen LogP contribution is -2.64. The fourth-order valence-electron chi connectivity index (χ4n) is 2.50. The SMILES string of the molecule is CC(C)CCSC1=NC2C(C(=O)NC(=O)N2C)N1C(C)C. The third-order valence-corrected chi connectivity index (χ3v) is 4.76. The molecule has 0 radical (unpaired) electrons. The van der Waals surface area contributed by atoms with Gasteiger partial charge in [0.1, 0.15) is 0 Å². The highest BCUT2D eigenvalue weighted by atomic mass is 32.2. The van der Waals surface area contributed by atoms with E-state index in [1.807, 2.05) is 18.7 Å². The van der Waals surface area contributed by atoms with Crippen molar-refractivity contribution < 1.29 is 9.59 Å². The number of nitrogens with one attached hydrogen (secondary N) is 1. The molecule has 0 spiro atoms. The summed E-state index contributed by atoms with van der Waals surface area (Å²) in [6, 6.07) is -0.617. The highest BCUT2D eigenvalue weighted by Gasteiger charge is 2.49. The van der Waals surface area contributed by atoms with Crippen molar-refractivity contribution in [3.63, 3.8) is 0 Å². The largest absolute Gasteiger partial charge is 0.333 e. The van der Waals surface area contributed by atoms with Crippen molar-refractivity contribution in [1.29, 1.82) is 0 Å². The van der Waals surface area contributed by atoms with Gasteiger partial charge in [-0.25, -0.2) is 9.79 Å². The first-order chi connectivity index (χ1) is 9.82. The molecule has 1 saturated heterocycles. The number of amidine groups is 1. The van der Waals surface area contributed by atoms with Crippen molar-refractivity contribution in [2.24, 2.45) is 10.9 Å². The van der Waals surface area contributed by atoms with Crippen LogP contribution in [-0.4, -0.2) is 58.0 Å². The van der Waals surface area contributed by atoms with Gasteiger partial charge in [-0.05, 0) is 26.2 Å². The molecule has 118 valence electrons. The molecule has 1 fully saturated rings. The molecule has 7 heteroatoms. The Morgan fingerprint density at radius 2 is 1.95 bits per heavy atom. The van der Waals surface area contributed by atoms with E-state index in [9.17, 15) is 9.59 Å². The number of amides is 3. The van der Waals surface area contributed by atoms with Crippen molar-refractivity contribution >= 4 is 28.9 Å². The van der Waals surface area contributed by atoms with Gasteiger partial charge in [-0.3, -0.25) is 10.1 Å². The zero-order chi connectivity index (χ0) is 15.7. The van der Waals surface area contributed by atoms with Crippen molar-refractivity contribution in [2.75, 3.05) is 12.8 Å². The highest BCUT2D eigenvalue weighted by Crippen LogP contribution is 2.30. The van der Waals surface area contributed by atoms with E-state index in [1.54, 1.807) is 18.8 Å². The molecule has 0 bridgehead atoms. The van der Waals surface area contributed by atoms with Gasteiger partial charge in [0.2, 0.25) is 0 Å². The Morgan fingerprint density at radius 3 is 2.52 bits per heavy atom. The molecular formula is C14H24N4O2S. The van der Waals surface area contributed by atoms with Gasteiger partial charge in [0.15, 0.2) is 17.4 Å². The number of nitrogens with zero attached hydrogens (tertiary/aromatic N) is 3. The van der Waals surface area contributed by atoms with E-state index in [0.717, 1.165) is 17.3 Å². The summed E-state index contributed by atoms with van der Waals surface area (Å²) in [7, 11) is 1.68. The van der Waals surface area contributed by atoms with Crippen LogP contribution in [0.1, 0.15) is 34.1 Å². The predicted molar refractivity (Wildman–Crippen MR) is 85.2 cm³/mol. The number of aliphatic imine (C=N–C) groups is 1. The average molecular weight is 312 g/mol. The van der Waals surface area contributed by atoms with Crippen LogP contribution in [0, 0.1) is 5.92 Å². The van der Waals surface area contributed by atoms with Crippen molar-refractivity contribution in [3.05, 3.63) is 0 Å². The molecule has 2 aliphatic rings. The number of carbonyl (C=O) groups excluding carboxylic acids is 2. The Balaban J connectivity index is 2.18. The van der Waals surface area contributed by atoms with Gasteiger partial charge in [0, 0.05) is 18.8 Å². The Kier molecular flexibility index (Phi) is 4.81. The first kappa shape index (κ1) is 16.1. The van der Waals surface area contributed by atoms with E-state index in [0.29, 0.717) is 5.92 Å². The molecular weight excluding hydrogens is 288 g/mol. The summed E-state index contributed by atoms with van der Waals surface area (Å²) in [6.07, 6.45) is 0.696. The minimum Gasteiger partial charge on any atom is -0.333 e. The smallest absolute Gasteiger partial charge is 0.325 e. The Hall–Kier alpha value is -1.24. The van der Waals surface area contributed by atoms with E-state index < -0.39 is 12.2 Å². The zero-order valence-corrected chi connectivity index (χ0v) is 14.1. The minimum atomic E-state index is -0.408. The Bertz CT molecular complexity index is 464. The second-order valence-electron chi connectivity index (χ2n) is 6.21. The lowest BCUT2D eigenvalue weighted by molar-refractivity contribution is -0.127. The fraction of sp³-hybridized carbons (Fsp3) is 0.786. The summed E-state index contributed by atoms with van der Waals surface area (Å²) in [6.45, 7) is 8.48. The van der Waals surface area contributed by atoms with E-state index >= 15 is 0 Å². The van der Waals surface area contributed by atoms with E-state index in [1.165, 1.54) is 4.90 Å². The van der Waals surface area contributed by atoms with Crippen LogP contribution < -0.4 is 5.32 Å². The Morgan fingerprint density at radius 1 is 1.29 bits per heavy atom. The molecule has 0 aliphatic carbocycles. The van der Waals surface area contributed by atoms with Gasteiger partial charge in [-0.2, -0.15) is 0 Å². The number of imide groups is 1. The van der Waals surface area contributed by atoms with Gasteiger partial charge >= 0.3 is 6.03 Å². The topological polar surface area (TPSA) is 65.0 Å². The number of thioether (sulfide) groups is 1. The van der Waals surface area contributed by atoms with E-state index in [4.69, 9.17) is 0 Å². The number of rotatable bonds is 4. The summed E-state index contributed by atoms with van der Waals surface area (Å²) in [5.74, 6) is 1.36. The summed E-state index contributed by atoms with van der Waals surface area (Å²) < 4.78 is 0. The molecule has 2 aliphatic heterocycles. The van der Waals surface area contributed by atoms with E-state index in [2.05, 4.69) is 24.2 Å². The van der Waals surface area contributed by atoms with Crippen LogP contribution in [-0.2, 0) is 4.79 Å². The van der Waals surface area contributed by atoms with Gasteiger partial charge in [0.05, 0.1) is 0 Å². The third-order valence-electron chi connectivity index (χ3n) is 3.74. The zero-order valence-electron chi connectivity index (χ0n) is 13.3. The summed E-state index contributed by atoms with van der Waals surface area (Å²) in [4.78, 5) is 32.1. The van der Waals surface area contributed by atoms with Crippen molar-refractivity contribution in [1.82, 2.24) is 15.1 Å². The molecule has 21 heavy (non-hydrogen) atoms. The third kappa shape index (κ3) is 3.17. The van der Waals surface area contributed by atoms with Crippen LogP contribution in [0.15, 0.2) is 4.99 Å². The minimum absolute atomic E-state index is 0.164. The molecule has 0 aromatic carbocycles. The number of carbonyl (C=O) groups is 2. The maximum absolute atomic E-state index is 12.2. The lowest BCUT2D eigenvalue weighted by atomic mass is 10.1. The first-order valence-electron chi connectivity index (χ1n) is 7.39. The molecule has 6 nitrogen and oxygen atoms in total. The number of urea groups is 1. The predicted octanol–water partition coefficient (Wildman–Crippen LogP) is 1.72. The molecule has 0 aromatic rings. The maximum atomic E-state index is 12.2. The second kappa shape index (κ2) is 6.25. The second-order valence-corrected chi connectivity index (χ2v) is 7.27. The maximum Gasteiger partial charge on any atom is 0.325 e. The molecule has 0 saturated carbocycles. The van der Waals surface area contributed by atoms with E-state index in [-0.39, 0.29) is 18.0 Å². The van der Waals surface area contributed by atoms with Gasteiger partial charge in [0.25, 0.3) is 5.91 Å². The summed E-state index contributed by atoms with van der Waals surface area (Å²) >= 11 is 1.68.